The average Bonchev–Trinajstić information content (AvgIpc) is 3.24. The summed E-state index contributed by atoms with van der Waals surface area (Å²) in [6, 6.07) is 23.4. The largest absolute Gasteiger partial charge is 0.329 e. The molecular weight excluding hydrogens is 348 g/mol. The van der Waals surface area contributed by atoms with Gasteiger partial charge >= 0.3 is 0 Å². The van der Waals surface area contributed by atoms with E-state index in [0.29, 0.717) is 17.7 Å². The topological polar surface area (TPSA) is 70.2 Å². The first-order valence-electron chi connectivity index (χ1n) is 8.96. The summed E-state index contributed by atoms with van der Waals surface area (Å²) in [6.45, 7) is 2.18. The summed E-state index contributed by atoms with van der Waals surface area (Å²) in [6.07, 6.45) is 5.38. The number of nitriles is 1. The maximum Gasteiger partial charge on any atom is 0.211 e. The van der Waals surface area contributed by atoms with Crippen molar-refractivity contribution in [2.45, 2.75) is 13.3 Å². The summed E-state index contributed by atoms with van der Waals surface area (Å²) < 4.78 is 2.17. The van der Waals surface area contributed by atoms with Gasteiger partial charge in [0.05, 0.1) is 29.7 Å². The van der Waals surface area contributed by atoms with Crippen molar-refractivity contribution in [2.75, 3.05) is 5.32 Å². The summed E-state index contributed by atoms with van der Waals surface area (Å²) in [4.78, 5) is 14.2. The molecule has 2 aromatic heterocycles. The fourth-order valence-corrected chi connectivity index (χ4v) is 3.00. The number of aryl methyl sites for hydroxylation is 1. The van der Waals surface area contributed by atoms with Crippen molar-refractivity contribution in [1.82, 2.24) is 9.38 Å². The van der Waals surface area contributed by atoms with Gasteiger partial charge in [0.2, 0.25) is 6.41 Å². The first kappa shape index (κ1) is 18.9. The molecule has 0 unspecified atom stereocenters. The van der Waals surface area contributed by atoms with Crippen molar-refractivity contribution in [3.8, 4) is 17.2 Å². The molecule has 0 spiro atoms. The molecule has 0 aliphatic heterocycles. The zero-order valence-electron chi connectivity index (χ0n) is 15.5. The van der Waals surface area contributed by atoms with Crippen molar-refractivity contribution in [3.63, 3.8) is 0 Å². The number of carbonyl (C=O) groups is 1. The van der Waals surface area contributed by atoms with E-state index in [1.54, 1.807) is 24.3 Å². The number of nitrogens with zero attached hydrogens (tertiary/aromatic N) is 3. The van der Waals surface area contributed by atoms with Crippen molar-refractivity contribution in [1.29, 1.82) is 5.26 Å². The molecule has 4 rings (SSSR count). The van der Waals surface area contributed by atoms with E-state index in [4.69, 9.17) is 5.26 Å². The van der Waals surface area contributed by atoms with E-state index in [9.17, 15) is 4.79 Å². The van der Waals surface area contributed by atoms with Gasteiger partial charge in [-0.1, -0.05) is 43.3 Å². The number of fused-ring (bicyclic) bond motifs is 1. The molecule has 5 nitrogen and oxygen atoms in total. The Morgan fingerprint density at radius 2 is 1.82 bits per heavy atom. The van der Waals surface area contributed by atoms with Gasteiger partial charge in [-0.15, -0.1) is 0 Å². The molecule has 2 aromatic carbocycles. The Bertz CT molecular complexity index is 1090. The molecule has 1 amide bonds. The number of rotatable bonds is 4. The molecule has 0 saturated carbocycles. The van der Waals surface area contributed by atoms with Crippen molar-refractivity contribution in [2.24, 2.45) is 0 Å². The van der Waals surface area contributed by atoms with Crippen LogP contribution in [0.15, 0.2) is 79.3 Å². The van der Waals surface area contributed by atoms with E-state index in [1.165, 1.54) is 16.8 Å². The summed E-state index contributed by atoms with van der Waals surface area (Å²) >= 11 is 0. The molecule has 0 radical (unpaired) electrons. The quantitative estimate of drug-likeness (QED) is 0.531. The Morgan fingerprint density at radius 3 is 2.46 bits per heavy atom. The number of amides is 1. The molecular formula is C23H20N4O. The molecule has 1 N–H and O–H groups in total. The normalized spacial score (nSPS) is 9.86. The molecule has 0 atom stereocenters. The van der Waals surface area contributed by atoms with E-state index in [0.717, 1.165) is 11.9 Å². The van der Waals surface area contributed by atoms with Gasteiger partial charge in [-0.25, -0.2) is 4.98 Å². The summed E-state index contributed by atoms with van der Waals surface area (Å²) in [5.74, 6) is 0. The smallest absolute Gasteiger partial charge is 0.211 e. The maximum atomic E-state index is 9.95. The standard InChI is InChI=1S/C15H14N2.C8H6N2O/c1-2-15-14(12-6-4-3-5-7-12)9-8-13-10-16-11-17(13)15;9-5-7-1-3-8(4-2-7)10-6-11/h3-11H,2H2,1H3;1-4,6H,(H,10,11). The number of hydrogen-bond acceptors (Lipinski definition) is 3. The highest BCUT2D eigenvalue weighted by atomic mass is 16.1. The van der Waals surface area contributed by atoms with Gasteiger partial charge < -0.3 is 9.72 Å². The molecule has 0 bridgehead atoms. The Labute approximate surface area is 163 Å². The van der Waals surface area contributed by atoms with Crippen molar-refractivity contribution in [3.05, 3.63) is 90.5 Å². The second-order valence-corrected chi connectivity index (χ2v) is 6.05. The number of carbonyl (C=O) groups excluding carboxylic acids is 1. The zero-order chi connectivity index (χ0) is 19.8. The van der Waals surface area contributed by atoms with Gasteiger partial charge in [0.15, 0.2) is 0 Å². The first-order valence-corrected chi connectivity index (χ1v) is 8.96. The second-order valence-electron chi connectivity index (χ2n) is 6.05. The Hall–Kier alpha value is -3.91. The Morgan fingerprint density at radius 1 is 1.07 bits per heavy atom. The third kappa shape index (κ3) is 4.25. The minimum absolute atomic E-state index is 0.585. The Kier molecular flexibility index (Phi) is 6.17. The molecule has 0 saturated heterocycles. The molecule has 0 aliphatic rings. The van der Waals surface area contributed by atoms with Crippen LogP contribution in [0.3, 0.4) is 0 Å². The van der Waals surface area contributed by atoms with E-state index in [1.807, 2.05) is 24.7 Å². The van der Waals surface area contributed by atoms with Crippen LogP contribution < -0.4 is 5.32 Å². The van der Waals surface area contributed by atoms with Gasteiger partial charge in [-0.05, 0) is 42.3 Å². The van der Waals surface area contributed by atoms with Gasteiger partial charge in [-0.3, -0.25) is 4.79 Å². The predicted molar refractivity (Wildman–Crippen MR) is 111 cm³/mol. The van der Waals surface area contributed by atoms with Crippen LogP contribution in [-0.4, -0.2) is 15.8 Å². The summed E-state index contributed by atoms with van der Waals surface area (Å²) in [5.41, 5.74) is 6.30. The molecule has 4 aromatic rings. The third-order valence-corrected chi connectivity index (χ3v) is 4.35. The van der Waals surface area contributed by atoms with Crippen LogP contribution in [0.5, 0.6) is 0 Å². The number of aromatic nitrogens is 2. The number of pyridine rings is 1. The van der Waals surface area contributed by atoms with Gasteiger partial charge in [0, 0.05) is 16.9 Å². The number of imidazole rings is 1. The van der Waals surface area contributed by atoms with E-state index >= 15 is 0 Å². The van der Waals surface area contributed by atoms with E-state index in [-0.39, 0.29) is 0 Å². The predicted octanol–water partition coefficient (Wildman–Crippen LogP) is 4.69. The highest BCUT2D eigenvalue weighted by molar-refractivity contribution is 5.71. The van der Waals surface area contributed by atoms with Gasteiger partial charge in [0.1, 0.15) is 0 Å². The summed E-state index contributed by atoms with van der Waals surface area (Å²) in [5, 5.41) is 10.9. The highest BCUT2D eigenvalue weighted by Gasteiger charge is 2.07. The second kappa shape index (κ2) is 9.15. The number of anilines is 1. The number of nitrogens with one attached hydrogen (secondary N) is 1. The molecule has 138 valence electrons. The van der Waals surface area contributed by atoms with Crippen molar-refractivity contribution >= 4 is 17.6 Å². The third-order valence-electron chi connectivity index (χ3n) is 4.35. The fourth-order valence-electron chi connectivity index (χ4n) is 3.00. The number of benzene rings is 2. The average molecular weight is 368 g/mol. The van der Waals surface area contributed by atoms with E-state index in [2.05, 4.69) is 58.0 Å². The lowest BCUT2D eigenvalue weighted by Crippen LogP contribution is -1.97. The first-order chi connectivity index (χ1) is 13.8. The maximum absolute atomic E-state index is 9.95. The van der Waals surface area contributed by atoms with Gasteiger partial charge in [0.25, 0.3) is 0 Å². The Balaban J connectivity index is 0.000000178. The highest BCUT2D eigenvalue weighted by Crippen LogP contribution is 2.25. The van der Waals surface area contributed by atoms with Crippen molar-refractivity contribution < 1.29 is 4.79 Å². The lowest BCUT2D eigenvalue weighted by molar-refractivity contribution is -0.105. The van der Waals surface area contributed by atoms with Crippen LogP contribution in [0.4, 0.5) is 5.69 Å². The van der Waals surface area contributed by atoms with Crippen LogP contribution >= 0.6 is 0 Å². The van der Waals surface area contributed by atoms with Gasteiger partial charge in [-0.2, -0.15) is 5.26 Å². The van der Waals surface area contributed by atoms with E-state index < -0.39 is 0 Å². The molecule has 0 fully saturated rings. The molecule has 0 aliphatic carbocycles. The SMILES string of the molecule is CCc1c(-c2ccccc2)ccc2cncn12.N#Cc1ccc(NC=O)cc1. The molecule has 28 heavy (non-hydrogen) atoms. The minimum atomic E-state index is 0.585. The summed E-state index contributed by atoms with van der Waals surface area (Å²) in [7, 11) is 0. The minimum Gasteiger partial charge on any atom is -0.329 e. The van der Waals surface area contributed by atoms with Crippen LogP contribution in [0.1, 0.15) is 18.2 Å². The molecule has 2 heterocycles. The molecule has 5 heteroatoms. The van der Waals surface area contributed by atoms with Crippen LogP contribution in [0.2, 0.25) is 0 Å². The fraction of sp³-hybridized carbons (Fsp3) is 0.0870. The lowest BCUT2D eigenvalue weighted by Gasteiger charge is -2.10. The zero-order valence-corrected chi connectivity index (χ0v) is 15.5. The van der Waals surface area contributed by atoms with Crippen LogP contribution in [-0.2, 0) is 11.2 Å². The monoisotopic (exact) mass is 368 g/mol. The number of hydrogen-bond donors (Lipinski definition) is 1. The van der Waals surface area contributed by atoms with Crippen LogP contribution in [0.25, 0.3) is 16.6 Å². The van der Waals surface area contributed by atoms with Crippen LogP contribution in [0, 0.1) is 11.3 Å². The lowest BCUT2D eigenvalue weighted by atomic mass is 10.0.